The van der Waals surface area contributed by atoms with Crippen molar-refractivity contribution in [3.05, 3.63) is 59.1 Å². The molecule has 2 aromatic rings. The van der Waals surface area contributed by atoms with Crippen LogP contribution in [-0.2, 0) is 4.74 Å². The van der Waals surface area contributed by atoms with Crippen LogP contribution in [0.5, 0.6) is 5.75 Å². The summed E-state index contributed by atoms with van der Waals surface area (Å²) in [7, 11) is 0. The van der Waals surface area contributed by atoms with Crippen LogP contribution in [0, 0.1) is 0 Å². The van der Waals surface area contributed by atoms with Gasteiger partial charge < -0.3 is 14.8 Å². The molecule has 3 rings (SSSR count). The second-order valence-electron chi connectivity index (χ2n) is 5.40. The number of carbonyl (C=O) groups is 1. The number of anilines is 1. The summed E-state index contributed by atoms with van der Waals surface area (Å²) in [6.07, 6.45) is 2.34. The quantitative estimate of drug-likeness (QED) is 0.895. The number of hydrogen-bond acceptors (Lipinski definition) is 3. The highest BCUT2D eigenvalue weighted by Gasteiger charge is 2.16. The van der Waals surface area contributed by atoms with Gasteiger partial charge in [-0.15, -0.1) is 0 Å². The summed E-state index contributed by atoms with van der Waals surface area (Å²) >= 11 is 6.02. The van der Waals surface area contributed by atoms with Crippen molar-refractivity contribution in [3.63, 3.8) is 0 Å². The van der Waals surface area contributed by atoms with Crippen LogP contribution in [0.15, 0.2) is 48.5 Å². The number of ether oxygens (including phenoxy) is 2. The van der Waals surface area contributed by atoms with E-state index in [0.29, 0.717) is 22.9 Å². The van der Waals surface area contributed by atoms with Crippen LogP contribution in [0.2, 0.25) is 5.02 Å². The highest BCUT2D eigenvalue weighted by atomic mass is 35.5. The lowest BCUT2D eigenvalue weighted by Crippen LogP contribution is -2.16. The van der Waals surface area contributed by atoms with Crippen molar-refractivity contribution in [2.45, 2.75) is 18.9 Å². The van der Waals surface area contributed by atoms with Gasteiger partial charge in [-0.1, -0.05) is 23.7 Å². The second kappa shape index (κ2) is 7.49. The molecule has 0 unspecified atom stereocenters. The van der Waals surface area contributed by atoms with Crippen molar-refractivity contribution in [3.8, 4) is 5.75 Å². The maximum atomic E-state index is 12.2. The van der Waals surface area contributed by atoms with E-state index in [9.17, 15) is 4.79 Å². The molecule has 0 bridgehead atoms. The lowest BCUT2D eigenvalue weighted by molar-refractivity contribution is 0.0679. The Kier molecular flexibility index (Phi) is 5.16. The van der Waals surface area contributed by atoms with E-state index in [1.807, 2.05) is 12.1 Å². The van der Waals surface area contributed by atoms with Crippen molar-refractivity contribution in [2.75, 3.05) is 18.5 Å². The number of hydrogen-bond donors (Lipinski definition) is 1. The average molecular weight is 332 g/mol. The number of carbonyl (C=O) groups excluding carboxylic acids is 1. The van der Waals surface area contributed by atoms with Gasteiger partial charge in [0.05, 0.1) is 16.7 Å². The number of benzene rings is 2. The van der Waals surface area contributed by atoms with E-state index >= 15 is 0 Å². The molecule has 0 saturated carbocycles. The Balaban J connectivity index is 1.56. The van der Waals surface area contributed by atoms with E-state index < -0.39 is 0 Å². The standard InChI is InChI=1S/C18H18ClNO3/c19-17-6-2-1-5-16(17)18(21)20-13-7-9-14(10-8-13)23-12-15-4-3-11-22-15/h1-2,5-10,15H,3-4,11-12H2,(H,20,21)/t15-/m1/s1. The molecule has 1 heterocycles. The Morgan fingerprint density at radius 3 is 2.70 bits per heavy atom. The molecule has 120 valence electrons. The first kappa shape index (κ1) is 15.8. The molecule has 1 amide bonds. The highest BCUT2D eigenvalue weighted by Crippen LogP contribution is 2.20. The smallest absolute Gasteiger partial charge is 0.257 e. The first-order valence-electron chi connectivity index (χ1n) is 7.63. The largest absolute Gasteiger partial charge is 0.491 e. The number of amides is 1. The molecule has 0 radical (unpaired) electrons. The summed E-state index contributed by atoms with van der Waals surface area (Å²) in [5, 5.41) is 3.25. The van der Waals surface area contributed by atoms with Gasteiger partial charge in [0.25, 0.3) is 5.91 Å². The van der Waals surface area contributed by atoms with Gasteiger partial charge in [0, 0.05) is 12.3 Å². The minimum Gasteiger partial charge on any atom is -0.491 e. The molecule has 0 spiro atoms. The lowest BCUT2D eigenvalue weighted by atomic mass is 10.2. The summed E-state index contributed by atoms with van der Waals surface area (Å²) in [6.45, 7) is 1.38. The summed E-state index contributed by atoms with van der Waals surface area (Å²) in [5.74, 6) is 0.528. The fraction of sp³-hybridized carbons (Fsp3) is 0.278. The fourth-order valence-electron chi connectivity index (χ4n) is 2.44. The van der Waals surface area contributed by atoms with Crippen LogP contribution in [0.1, 0.15) is 23.2 Å². The molecule has 23 heavy (non-hydrogen) atoms. The van der Waals surface area contributed by atoms with Gasteiger partial charge in [-0.05, 0) is 49.2 Å². The SMILES string of the molecule is O=C(Nc1ccc(OC[C@H]2CCCO2)cc1)c1ccccc1Cl. The Bertz CT molecular complexity index is 666. The third kappa shape index (κ3) is 4.24. The van der Waals surface area contributed by atoms with Gasteiger partial charge in [-0.25, -0.2) is 0 Å². The Hall–Kier alpha value is -2.04. The molecular weight excluding hydrogens is 314 g/mol. The predicted octanol–water partition coefficient (Wildman–Crippen LogP) is 4.15. The number of rotatable bonds is 5. The van der Waals surface area contributed by atoms with Gasteiger partial charge in [0.2, 0.25) is 0 Å². The normalized spacial score (nSPS) is 17.0. The van der Waals surface area contributed by atoms with E-state index in [1.54, 1.807) is 36.4 Å². The van der Waals surface area contributed by atoms with Crippen molar-refractivity contribution in [2.24, 2.45) is 0 Å². The molecule has 1 fully saturated rings. The van der Waals surface area contributed by atoms with Crippen molar-refractivity contribution in [1.29, 1.82) is 0 Å². The summed E-state index contributed by atoms with van der Waals surface area (Å²) in [4.78, 5) is 12.2. The zero-order chi connectivity index (χ0) is 16.1. The van der Waals surface area contributed by atoms with Crippen molar-refractivity contribution >= 4 is 23.2 Å². The van der Waals surface area contributed by atoms with Gasteiger partial charge in [0.15, 0.2) is 0 Å². The summed E-state index contributed by atoms with van der Waals surface area (Å²) in [6, 6.07) is 14.2. The average Bonchev–Trinajstić information content (AvgIpc) is 3.08. The molecule has 2 aromatic carbocycles. The van der Waals surface area contributed by atoms with Crippen LogP contribution in [0.25, 0.3) is 0 Å². The molecule has 1 aliphatic rings. The zero-order valence-electron chi connectivity index (χ0n) is 12.6. The molecule has 5 heteroatoms. The minimum atomic E-state index is -0.233. The first-order valence-corrected chi connectivity index (χ1v) is 8.00. The van der Waals surface area contributed by atoms with Crippen LogP contribution in [0.4, 0.5) is 5.69 Å². The minimum absolute atomic E-state index is 0.189. The monoisotopic (exact) mass is 331 g/mol. The lowest BCUT2D eigenvalue weighted by Gasteiger charge is -2.12. The Morgan fingerprint density at radius 1 is 1.22 bits per heavy atom. The molecular formula is C18H18ClNO3. The summed E-state index contributed by atoms with van der Waals surface area (Å²) in [5.41, 5.74) is 1.15. The molecule has 1 saturated heterocycles. The van der Waals surface area contributed by atoms with Crippen molar-refractivity contribution < 1.29 is 14.3 Å². The molecule has 4 nitrogen and oxygen atoms in total. The van der Waals surface area contributed by atoms with Crippen LogP contribution in [0.3, 0.4) is 0 Å². The maximum Gasteiger partial charge on any atom is 0.257 e. The van der Waals surface area contributed by atoms with E-state index in [2.05, 4.69) is 5.32 Å². The molecule has 0 aromatic heterocycles. The zero-order valence-corrected chi connectivity index (χ0v) is 13.4. The van der Waals surface area contributed by atoms with Gasteiger partial charge in [-0.3, -0.25) is 4.79 Å². The van der Waals surface area contributed by atoms with Crippen LogP contribution in [-0.4, -0.2) is 25.2 Å². The predicted molar refractivity (Wildman–Crippen MR) is 90.3 cm³/mol. The van der Waals surface area contributed by atoms with Gasteiger partial charge in [-0.2, -0.15) is 0 Å². The third-order valence-electron chi connectivity index (χ3n) is 3.69. The maximum absolute atomic E-state index is 12.2. The topological polar surface area (TPSA) is 47.6 Å². The van der Waals surface area contributed by atoms with E-state index in [4.69, 9.17) is 21.1 Å². The molecule has 0 aliphatic carbocycles. The highest BCUT2D eigenvalue weighted by molar-refractivity contribution is 6.34. The Labute approximate surface area is 140 Å². The van der Waals surface area contributed by atoms with E-state index in [0.717, 1.165) is 25.2 Å². The van der Waals surface area contributed by atoms with Gasteiger partial charge in [0.1, 0.15) is 12.4 Å². The number of nitrogens with one attached hydrogen (secondary N) is 1. The first-order chi connectivity index (χ1) is 11.2. The van der Waals surface area contributed by atoms with Crippen LogP contribution < -0.4 is 10.1 Å². The molecule has 1 atom stereocenters. The molecule has 1 N–H and O–H groups in total. The van der Waals surface area contributed by atoms with Crippen LogP contribution >= 0.6 is 11.6 Å². The Morgan fingerprint density at radius 2 is 2.00 bits per heavy atom. The summed E-state index contributed by atoms with van der Waals surface area (Å²) < 4.78 is 11.2. The van der Waals surface area contributed by atoms with Crippen molar-refractivity contribution in [1.82, 2.24) is 0 Å². The number of halogens is 1. The van der Waals surface area contributed by atoms with E-state index in [1.165, 1.54) is 0 Å². The molecule has 1 aliphatic heterocycles. The van der Waals surface area contributed by atoms with E-state index in [-0.39, 0.29) is 12.0 Å². The van der Waals surface area contributed by atoms with Gasteiger partial charge >= 0.3 is 0 Å². The third-order valence-corrected chi connectivity index (χ3v) is 4.02. The fourth-order valence-corrected chi connectivity index (χ4v) is 2.66. The second-order valence-corrected chi connectivity index (χ2v) is 5.81.